The van der Waals surface area contributed by atoms with Crippen molar-refractivity contribution in [3.63, 3.8) is 0 Å². The van der Waals surface area contributed by atoms with E-state index in [0.29, 0.717) is 0 Å². The summed E-state index contributed by atoms with van der Waals surface area (Å²) in [6, 6.07) is -0.996. The van der Waals surface area contributed by atoms with E-state index in [1.54, 1.807) is 0 Å². The van der Waals surface area contributed by atoms with Crippen LogP contribution in [0.1, 0.15) is 12.8 Å². The highest BCUT2D eigenvalue weighted by molar-refractivity contribution is 5.96. The number of methoxy groups -OCH3 is 2. The molecule has 2 saturated heterocycles. The highest BCUT2D eigenvalue weighted by atomic mass is 16.5. The van der Waals surface area contributed by atoms with Gasteiger partial charge in [-0.05, 0) is 0 Å². The number of hydrogen-bond donors (Lipinski definition) is 0. The van der Waals surface area contributed by atoms with Crippen molar-refractivity contribution in [2.75, 3.05) is 27.3 Å². The Morgan fingerprint density at radius 2 is 1.23 bits per heavy atom. The summed E-state index contributed by atoms with van der Waals surface area (Å²) in [5.74, 6) is -1.10. The zero-order chi connectivity index (χ0) is 16.0. The molecule has 3 rings (SSSR count). The zero-order valence-electron chi connectivity index (χ0n) is 12.5. The minimum atomic E-state index is -0.538. The number of ether oxygens (including phenoxy) is 2. The van der Waals surface area contributed by atoms with Crippen LogP contribution >= 0.6 is 0 Å². The van der Waals surface area contributed by atoms with Gasteiger partial charge in [0, 0.05) is 25.9 Å². The van der Waals surface area contributed by atoms with Crippen molar-refractivity contribution in [1.29, 1.82) is 0 Å². The molecule has 1 saturated carbocycles. The number of likely N-dealkylation sites (tertiary alicyclic amines) is 2. The molecule has 0 aromatic rings. The molecule has 1 aliphatic carbocycles. The normalized spacial score (nSPS) is 33.5. The Morgan fingerprint density at radius 1 is 0.864 bits per heavy atom. The van der Waals surface area contributed by atoms with Crippen LogP contribution in [0.3, 0.4) is 0 Å². The smallest absolute Gasteiger partial charge is 0.409 e. The van der Waals surface area contributed by atoms with Gasteiger partial charge < -0.3 is 19.3 Å². The highest BCUT2D eigenvalue weighted by Crippen LogP contribution is 2.48. The molecule has 0 radical (unpaired) electrons. The quantitative estimate of drug-likeness (QED) is 0.628. The summed E-state index contributed by atoms with van der Waals surface area (Å²) in [4.78, 5) is 51.2. The lowest BCUT2D eigenvalue weighted by Gasteiger charge is -2.60. The molecule has 8 nitrogen and oxygen atoms in total. The number of carbonyl (C=O) groups is 4. The van der Waals surface area contributed by atoms with Crippen LogP contribution < -0.4 is 0 Å². The minimum Gasteiger partial charge on any atom is -0.453 e. The second-order valence-electron chi connectivity index (χ2n) is 5.79. The average molecular weight is 310 g/mol. The van der Waals surface area contributed by atoms with Crippen LogP contribution in [0.25, 0.3) is 0 Å². The minimum absolute atomic E-state index is 0.0218. The van der Waals surface area contributed by atoms with Crippen molar-refractivity contribution in [2.24, 2.45) is 11.8 Å². The lowest BCUT2D eigenvalue weighted by Crippen LogP contribution is -2.77. The largest absolute Gasteiger partial charge is 0.453 e. The molecule has 0 N–H and O–H groups in total. The third kappa shape index (κ3) is 1.89. The standard InChI is InChI=1S/C14H18N2O6/c1-21-13(19)15-5-3-7(17)9-10-8(18)4-6-16(14(20)22-2)12(10)11(9)15/h9-12H,3-6H2,1-2H3/t9-,10-,11-,12-/m1/s1. The number of hydrogen-bond acceptors (Lipinski definition) is 6. The van der Waals surface area contributed by atoms with E-state index in [9.17, 15) is 19.2 Å². The summed E-state index contributed by atoms with van der Waals surface area (Å²) in [5, 5.41) is 0. The summed E-state index contributed by atoms with van der Waals surface area (Å²) < 4.78 is 9.52. The van der Waals surface area contributed by atoms with Crippen molar-refractivity contribution < 1.29 is 28.7 Å². The summed E-state index contributed by atoms with van der Waals surface area (Å²) in [6.07, 6.45) is -0.650. The van der Waals surface area contributed by atoms with Crippen LogP contribution in [-0.4, -0.2) is 72.9 Å². The highest BCUT2D eigenvalue weighted by Gasteiger charge is 2.65. The average Bonchev–Trinajstić information content (AvgIpc) is 2.50. The van der Waals surface area contributed by atoms with Gasteiger partial charge >= 0.3 is 12.2 Å². The Morgan fingerprint density at radius 3 is 1.55 bits per heavy atom. The van der Waals surface area contributed by atoms with E-state index in [4.69, 9.17) is 9.47 Å². The molecule has 0 spiro atoms. The maximum Gasteiger partial charge on any atom is 0.409 e. The van der Waals surface area contributed by atoms with Gasteiger partial charge in [0.2, 0.25) is 0 Å². The number of ketones is 2. The molecular formula is C14H18N2O6. The van der Waals surface area contributed by atoms with Gasteiger partial charge in [-0.3, -0.25) is 9.59 Å². The molecule has 2 aliphatic heterocycles. The molecule has 22 heavy (non-hydrogen) atoms. The van der Waals surface area contributed by atoms with Gasteiger partial charge in [-0.15, -0.1) is 0 Å². The fourth-order valence-electron chi connectivity index (χ4n) is 4.00. The maximum atomic E-state index is 12.2. The monoisotopic (exact) mass is 310 g/mol. The second-order valence-corrected chi connectivity index (χ2v) is 5.79. The fraction of sp³-hybridized carbons (Fsp3) is 0.714. The Hall–Kier alpha value is -2.12. The summed E-state index contributed by atoms with van der Waals surface area (Å²) in [7, 11) is 2.54. The topological polar surface area (TPSA) is 93.2 Å². The summed E-state index contributed by atoms with van der Waals surface area (Å²) >= 11 is 0. The van der Waals surface area contributed by atoms with Crippen LogP contribution in [0.5, 0.6) is 0 Å². The van der Waals surface area contributed by atoms with Crippen molar-refractivity contribution in [1.82, 2.24) is 9.80 Å². The van der Waals surface area contributed by atoms with Crippen molar-refractivity contribution in [2.45, 2.75) is 24.9 Å². The number of nitrogens with zero attached hydrogens (tertiary/aromatic N) is 2. The van der Waals surface area contributed by atoms with Crippen molar-refractivity contribution in [3.8, 4) is 0 Å². The molecular weight excluding hydrogens is 292 g/mol. The van der Waals surface area contributed by atoms with Crippen LogP contribution in [0.15, 0.2) is 0 Å². The maximum absolute atomic E-state index is 12.2. The van der Waals surface area contributed by atoms with E-state index in [1.165, 1.54) is 24.0 Å². The van der Waals surface area contributed by atoms with Crippen LogP contribution in [0.4, 0.5) is 9.59 Å². The van der Waals surface area contributed by atoms with E-state index in [0.717, 1.165) is 0 Å². The second kappa shape index (κ2) is 5.26. The van der Waals surface area contributed by atoms with Gasteiger partial charge in [-0.1, -0.05) is 0 Å². The predicted molar refractivity (Wildman–Crippen MR) is 72.0 cm³/mol. The number of piperidine rings is 2. The number of Topliss-reactive ketones (excluding diaryl/α,β-unsaturated/α-hetero) is 2. The van der Waals surface area contributed by atoms with Crippen LogP contribution in [0, 0.1) is 11.8 Å². The Bertz CT molecular complexity index is 499. The molecule has 3 aliphatic rings. The lowest BCUT2D eigenvalue weighted by atomic mass is 9.56. The van der Waals surface area contributed by atoms with Gasteiger partial charge in [0.15, 0.2) is 0 Å². The fourth-order valence-corrected chi connectivity index (χ4v) is 4.00. The van der Waals surface area contributed by atoms with E-state index in [1.807, 2.05) is 0 Å². The first-order valence-electron chi connectivity index (χ1n) is 7.26. The van der Waals surface area contributed by atoms with Crippen LogP contribution in [0.2, 0.25) is 0 Å². The number of fused-ring (bicyclic) bond motifs is 4. The Balaban J connectivity index is 1.94. The Kier molecular flexibility index (Phi) is 3.54. The predicted octanol–water partition coefficient (Wildman–Crippen LogP) is 0.0520. The lowest BCUT2D eigenvalue weighted by molar-refractivity contribution is -0.166. The molecule has 0 aromatic heterocycles. The summed E-state index contributed by atoms with van der Waals surface area (Å²) in [5.41, 5.74) is 0. The molecule has 3 fully saturated rings. The third-order valence-electron chi connectivity index (χ3n) is 4.95. The SMILES string of the molecule is COC(=O)N1CCC(=O)[C@@H]2[C@H]3C(=O)CCN(C(=O)OC)[C@H]3[C@@H]21. The first kappa shape index (κ1) is 14.8. The van der Waals surface area contributed by atoms with Gasteiger partial charge in [0.05, 0.1) is 38.1 Å². The molecule has 8 heteroatoms. The van der Waals surface area contributed by atoms with Gasteiger partial charge in [0.1, 0.15) is 11.6 Å². The summed E-state index contributed by atoms with van der Waals surface area (Å²) in [6.45, 7) is 0.498. The Labute approximate surface area is 127 Å². The third-order valence-corrected chi connectivity index (χ3v) is 4.95. The van der Waals surface area contributed by atoms with E-state index < -0.39 is 36.1 Å². The van der Waals surface area contributed by atoms with Gasteiger partial charge in [-0.25, -0.2) is 9.59 Å². The molecule has 4 atom stereocenters. The molecule has 120 valence electrons. The van der Waals surface area contributed by atoms with E-state index in [2.05, 4.69) is 0 Å². The van der Waals surface area contributed by atoms with E-state index in [-0.39, 0.29) is 37.5 Å². The molecule has 0 aromatic carbocycles. The number of rotatable bonds is 0. The zero-order valence-corrected chi connectivity index (χ0v) is 12.5. The van der Waals surface area contributed by atoms with Crippen LogP contribution in [-0.2, 0) is 19.1 Å². The molecule has 0 unspecified atom stereocenters. The van der Waals surface area contributed by atoms with E-state index >= 15 is 0 Å². The number of amides is 2. The van der Waals surface area contributed by atoms with Gasteiger partial charge in [0.25, 0.3) is 0 Å². The van der Waals surface area contributed by atoms with Crippen molar-refractivity contribution in [3.05, 3.63) is 0 Å². The first-order valence-corrected chi connectivity index (χ1v) is 7.26. The number of carbonyl (C=O) groups excluding carboxylic acids is 4. The van der Waals surface area contributed by atoms with Crippen molar-refractivity contribution >= 4 is 23.8 Å². The van der Waals surface area contributed by atoms with Gasteiger partial charge in [-0.2, -0.15) is 0 Å². The molecule has 0 bridgehead atoms. The molecule has 2 amide bonds. The molecule has 2 heterocycles. The first-order chi connectivity index (χ1) is 10.5.